The van der Waals surface area contributed by atoms with Crippen LogP contribution in [-0.4, -0.2) is 46.6 Å². The predicted molar refractivity (Wildman–Crippen MR) is 72.3 cm³/mol. The Balaban J connectivity index is 2.95. The molecule has 0 aliphatic heterocycles. The standard InChI is InChI=1S/C12H20N2O3S/c1-4-14(9-10-17-3)18(15,16)12-7-5-11(13-2)6-8-12/h5-8,13H,4,9-10H2,1-3H3. The maximum Gasteiger partial charge on any atom is 0.243 e. The summed E-state index contributed by atoms with van der Waals surface area (Å²) in [6.07, 6.45) is 0. The second-order valence-corrected chi connectivity index (χ2v) is 5.70. The number of nitrogens with zero attached hydrogens (tertiary/aromatic N) is 1. The highest BCUT2D eigenvalue weighted by atomic mass is 32.2. The van der Waals surface area contributed by atoms with Crippen LogP contribution in [0.1, 0.15) is 6.92 Å². The molecule has 0 aliphatic rings. The smallest absolute Gasteiger partial charge is 0.243 e. The van der Waals surface area contributed by atoms with Crippen LogP contribution in [0.25, 0.3) is 0 Å². The number of likely N-dealkylation sites (N-methyl/N-ethyl adjacent to an activating group) is 1. The van der Waals surface area contributed by atoms with Gasteiger partial charge in [0.25, 0.3) is 0 Å². The van der Waals surface area contributed by atoms with E-state index < -0.39 is 10.0 Å². The number of hydrogen-bond acceptors (Lipinski definition) is 4. The van der Waals surface area contributed by atoms with Crippen molar-refractivity contribution in [3.8, 4) is 0 Å². The summed E-state index contributed by atoms with van der Waals surface area (Å²) in [6.45, 7) is 3.00. The fraction of sp³-hybridized carbons (Fsp3) is 0.500. The quantitative estimate of drug-likeness (QED) is 0.815. The minimum absolute atomic E-state index is 0.305. The van der Waals surface area contributed by atoms with Crippen molar-refractivity contribution in [2.75, 3.05) is 39.2 Å². The number of nitrogens with one attached hydrogen (secondary N) is 1. The minimum Gasteiger partial charge on any atom is -0.388 e. The summed E-state index contributed by atoms with van der Waals surface area (Å²) in [6, 6.07) is 6.71. The molecule has 1 N–H and O–H groups in total. The van der Waals surface area contributed by atoms with E-state index >= 15 is 0 Å². The van der Waals surface area contributed by atoms with Crippen LogP contribution in [0.4, 0.5) is 5.69 Å². The summed E-state index contributed by atoms with van der Waals surface area (Å²) in [5.74, 6) is 0. The lowest BCUT2D eigenvalue weighted by atomic mass is 10.3. The molecule has 0 aliphatic carbocycles. The molecule has 0 saturated heterocycles. The Morgan fingerprint density at radius 3 is 2.33 bits per heavy atom. The number of methoxy groups -OCH3 is 1. The lowest BCUT2D eigenvalue weighted by Crippen LogP contribution is -2.33. The Morgan fingerprint density at radius 1 is 1.28 bits per heavy atom. The van der Waals surface area contributed by atoms with Crippen LogP contribution >= 0.6 is 0 Å². The van der Waals surface area contributed by atoms with Crippen LogP contribution in [0, 0.1) is 0 Å². The molecular formula is C12H20N2O3S. The Labute approximate surface area is 109 Å². The summed E-state index contributed by atoms with van der Waals surface area (Å²) in [5.41, 5.74) is 0.883. The molecule has 0 unspecified atom stereocenters. The van der Waals surface area contributed by atoms with Crippen molar-refractivity contribution in [1.29, 1.82) is 0 Å². The molecular weight excluding hydrogens is 252 g/mol. The van der Waals surface area contributed by atoms with Crippen molar-refractivity contribution < 1.29 is 13.2 Å². The first-order chi connectivity index (χ1) is 8.56. The molecule has 0 amide bonds. The first-order valence-electron chi connectivity index (χ1n) is 5.83. The van der Waals surface area contributed by atoms with E-state index in [-0.39, 0.29) is 0 Å². The number of rotatable bonds is 7. The average Bonchev–Trinajstić information content (AvgIpc) is 2.39. The van der Waals surface area contributed by atoms with E-state index in [1.165, 1.54) is 4.31 Å². The van der Waals surface area contributed by atoms with Crippen molar-refractivity contribution in [2.24, 2.45) is 0 Å². The van der Waals surface area contributed by atoms with Crippen LogP contribution in [0.2, 0.25) is 0 Å². The zero-order valence-corrected chi connectivity index (χ0v) is 11.8. The summed E-state index contributed by atoms with van der Waals surface area (Å²) >= 11 is 0. The number of anilines is 1. The van der Waals surface area contributed by atoms with Gasteiger partial charge in [0.15, 0.2) is 0 Å². The molecule has 0 spiro atoms. The molecule has 102 valence electrons. The van der Waals surface area contributed by atoms with Gasteiger partial charge in [-0.05, 0) is 24.3 Å². The van der Waals surface area contributed by atoms with Gasteiger partial charge in [0.2, 0.25) is 10.0 Å². The van der Waals surface area contributed by atoms with Crippen molar-refractivity contribution in [1.82, 2.24) is 4.31 Å². The van der Waals surface area contributed by atoms with Crippen molar-refractivity contribution in [3.63, 3.8) is 0 Å². The van der Waals surface area contributed by atoms with Crippen molar-refractivity contribution in [3.05, 3.63) is 24.3 Å². The molecule has 0 saturated carbocycles. The SMILES string of the molecule is CCN(CCOC)S(=O)(=O)c1ccc(NC)cc1. The number of ether oxygens (including phenoxy) is 1. The first kappa shape index (κ1) is 14.9. The maximum absolute atomic E-state index is 12.3. The van der Waals surface area contributed by atoms with Crippen molar-refractivity contribution >= 4 is 15.7 Å². The van der Waals surface area contributed by atoms with Gasteiger partial charge in [-0.3, -0.25) is 0 Å². The van der Waals surface area contributed by atoms with Gasteiger partial charge in [-0.25, -0.2) is 8.42 Å². The van der Waals surface area contributed by atoms with E-state index in [4.69, 9.17) is 4.74 Å². The largest absolute Gasteiger partial charge is 0.388 e. The van der Waals surface area contributed by atoms with Gasteiger partial charge < -0.3 is 10.1 Å². The summed E-state index contributed by atoms with van der Waals surface area (Å²) in [5, 5.41) is 2.95. The second kappa shape index (κ2) is 6.72. The van der Waals surface area contributed by atoms with Crippen LogP contribution in [0.15, 0.2) is 29.2 Å². The molecule has 0 aromatic heterocycles. The second-order valence-electron chi connectivity index (χ2n) is 3.76. The Morgan fingerprint density at radius 2 is 1.89 bits per heavy atom. The summed E-state index contributed by atoms with van der Waals surface area (Å²) in [7, 11) is -0.0730. The molecule has 0 heterocycles. The third-order valence-corrected chi connectivity index (χ3v) is 4.67. The Bertz CT molecular complexity index is 457. The van der Waals surface area contributed by atoms with Crippen LogP contribution in [-0.2, 0) is 14.8 Å². The molecule has 6 heteroatoms. The van der Waals surface area contributed by atoms with E-state index in [1.807, 2.05) is 6.92 Å². The van der Waals surface area contributed by atoms with Crippen LogP contribution in [0.3, 0.4) is 0 Å². The molecule has 0 fully saturated rings. The maximum atomic E-state index is 12.3. The molecule has 1 aromatic carbocycles. The summed E-state index contributed by atoms with van der Waals surface area (Å²) < 4.78 is 31.0. The van der Waals surface area contributed by atoms with Crippen LogP contribution < -0.4 is 5.32 Å². The van der Waals surface area contributed by atoms with Gasteiger partial charge >= 0.3 is 0 Å². The number of sulfonamides is 1. The molecule has 0 bridgehead atoms. The highest BCUT2D eigenvalue weighted by molar-refractivity contribution is 7.89. The molecule has 0 atom stereocenters. The minimum atomic E-state index is -3.42. The topological polar surface area (TPSA) is 58.6 Å². The zero-order valence-electron chi connectivity index (χ0n) is 11.0. The lowest BCUT2D eigenvalue weighted by Gasteiger charge is -2.20. The normalized spacial score (nSPS) is 11.8. The van der Waals surface area contributed by atoms with E-state index in [0.717, 1.165) is 5.69 Å². The van der Waals surface area contributed by atoms with E-state index in [9.17, 15) is 8.42 Å². The van der Waals surface area contributed by atoms with Gasteiger partial charge in [0.1, 0.15) is 0 Å². The van der Waals surface area contributed by atoms with E-state index in [1.54, 1.807) is 38.4 Å². The number of benzene rings is 1. The molecule has 1 rings (SSSR count). The predicted octanol–water partition coefficient (Wildman–Crippen LogP) is 1.39. The number of hydrogen-bond donors (Lipinski definition) is 1. The Kier molecular flexibility index (Phi) is 5.58. The van der Waals surface area contributed by atoms with Gasteiger partial charge in [-0.2, -0.15) is 4.31 Å². The van der Waals surface area contributed by atoms with E-state index in [0.29, 0.717) is 24.6 Å². The summed E-state index contributed by atoms with van der Waals surface area (Å²) in [4.78, 5) is 0.305. The highest BCUT2D eigenvalue weighted by Gasteiger charge is 2.22. The van der Waals surface area contributed by atoms with Crippen LogP contribution in [0.5, 0.6) is 0 Å². The average molecular weight is 272 g/mol. The molecule has 1 aromatic rings. The fourth-order valence-corrected chi connectivity index (χ4v) is 3.02. The van der Waals surface area contributed by atoms with Gasteiger partial charge in [0.05, 0.1) is 11.5 Å². The zero-order chi connectivity index (χ0) is 13.6. The van der Waals surface area contributed by atoms with Gasteiger partial charge in [-0.15, -0.1) is 0 Å². The van der Waals surface area contributed by atoms with Gasteiger partial charge in [0, 0.05) is 32.9 Å². The third-order valence-electron chi connectivity index (χ3n) is 2.68. The Hall–Kier alpha value is -1.11. The van der Waals surface area contributed by atoms with Gasteiger partial charge in [-0.1, -0.05) is 6.92 Å². The third kappa shape index (κ3) is 3.44. The fourth-order valence-electron chi connectivity index (χ4n) is 1.58. The monoisotopic (exact) mass is 272 g/mol. The molecule has 5 nitrogen and oxygen atoms in total. The highest BCUT2D eigenvalue weighted by Crippen LogP contribution is 2.17. The molecule has 0 radical (unpaired) electrons. The molecule has 18 heavy (non-hydrogen) atoms. The van der Waals surface area contributed by atoms with Crippen molar-refractivity contribution in [2.45, 2.75) is 11.8 Å². The lowest BCUT2D eigenvalue weighted by molar-refractivity contribution is 0.180. The van der Waals surface area contributed by atoms with E-state index in [2.05, 4.69) is 5.32 Å². The first-order valence-corrected chi connectivity index (χ1v) is 7.27.